The number of aliphatic hydroxyl groups excluding tert-OH is 1. The fourth-order valence-corrected chi connectivity index (χ4v) is 3.27. The van der Waals surface area contributed by atoms with Crippen LogP contribution in [0, 0.1) is 11.3 Å². The lowest BCUT2D eigenvalue weighted by atomic mass is 9.86. The summed E-state index contributed by atoms with van der Waals surface area (Å²) in [5.74, 6) is -2.05. The number of amides is 1. The molecule has 1 saturated heterocycles. The third-order valence-electron chi connectivity index (χ3n) is 4.56. The maximum atomic E-state index is 12.5. The number of pyridine rings is 1. The van der Waals surface area contributed by atoms with Crippen molar-refractivity contribution < 1.29 is 24.5 Å². The van der Waals surface area contributed by atoms with Crippen LogP contribution in [0.4, 0.5) is 0 Å². The molecule has 0 spiro atoms. The Morgan fingerprint density at radius 1 is 1.36 bits per heavy atom. The third kappa shape index (κ3) is 3.00. The largest absolute Gasteiger partial charge is 0.476 e. The molecule has 0 aliphatic carbocycles. The highest BCUT2D eigenvalue weighted by Gasteiger charge is 2.60. The number of aliphatic hydroxyl groups is 1. The molecule has 7 nitrogen and oxygen atoms in total. The molecule has 0 radical (unpaired) electrons. The standard InChI is InChI=1S/C18H22N2O5/c1-18(2,3)14-13(17(23)24)20-15(22)12(16(20)25-14)11(21)5-4-10-6-8-19-9-7-10/h6-9,11-12,16,21H,4-5H2,1-3H3,(H,23,24)/t11-,12-,16+/m0/s1. The molecule has 3 heterocycles. The van der Waals surface area contributed by atoms with Crippen molar-refractivity contribution in [2.45, 2.75) is 45.9 Å². The maximum Gasteiger partial charge on any atom is 0.356 e. The predicted molar refractivity (Wildman–Crippen MR) is 87.9 cm³/mol. The van der Waals surface area contributed by atoms with Crippen molar-refractivity contribution in [3.05, 3.63) is 41.5 Å². The molecule has 7 heteroatoms. The van der Waals surface area contributed by atoms with Gasteiger partial charge in [0.1, 0.15) is 11.7 Å². The summed E-state index contributed by atoms with van der Waals surface area (Å²) in [6.07, 6.45) is 2.72. The zero-order valence-corrected chi connectivity index (χ0v) is 14.5. The minimum atomic E-state index is -1.19. The van der Waals surface area contributed by atoms with E-state index in [0.29, 0.717) is 12.8 Å². The molecule has 1 aromatic rings. The summed E-state index contributed by atoms with van der Waals surface area (Å²) < 4.78 is 5.79. The molecular formula is C18H22N2O5. The molecule has 134 valence electrons. The number of carbonyl (C=O) groups is 2. The highest BCUT2D eigenvalue weighted by atomic mass is 16.5. The first-order valence-corrected chi connectivity index (χ1v) is 8.26. The number of nitrogens with zero attached hydrogens (tertiary/aromatic N) is 2. The summed E-state index contributed by atoms with van der Waals surface area (Å²) >= 11 is 0. The molecular weight excluding hydrogens is 324 g/mol. The number of carbonyl (C=O) groups excluding carboxylic acids is 1. The van der Waals surface area contributed by atoms with Gasteiger partial charge in [-0.15, -0.1) is 0 Å². The van der Waals surface area contributed by atoms with Gasteiger partial charge >= 0.3 is 5.97 Å². The van der Waals surface area contributed by atoms with Crippen LogP contribution in [0.1, 0.15) is 32.8 Å². The maximum absolute atomic E-state index is 12.5. The monoisotopic (exact) mass is 346 g/mol. The van der Waals surface area contributed by atoms with Gasteiger partial charge in [-0.25, -0.2) is 4.79 Å². The Morgan fingerprint density at radius 2 is 2.00 bits per heavy atom. The average Bonchev–Trinajstić information content (AvgIpc) is 2.89. The number of aryl methyl sites for hydroxylation is 1. The van der Waals surface area contributed by atoms with Crippen molar-refractivity contribution >= 4 is 11.9 Å². The van der Waals surface area contributed by atoms with E-state index in [4.69, 9.17) is 4.74 Å². The first-order valence-electron chi connectivity index (χ1n) is 8.26. The first-order chi connectivity index (χ1) is 11.7. The van der Waals surface area contributed by atoms with Crippen molar-refractivity contribution in [2.24, 2.45) is 11.3 Å². The van der Waals surface area contributed by atoms with E-state index in [1.807, 2.05) is 32.9 Å². The Hall–Kier alpha value is -2.41. The lowest BCUT2D eigenvalue weighted by molar-refractivity contribution is -0.184. The number of ether oxygens (including phenoxy) is 1. The van der Waals surface area contributed by atoms with Gasteiger partial charge in [-0.1, -0.05) is 20.8 Å². The molecule has 2 aliphatic heterocycles. The van der Waals surface area contributed by atoms with E-state index in [-0.39, 0.29) is 11.5 Å². The number of rotatable bonds is 5. The fourth-order valence-electron chi connectivity index (χ4n) is 3.27. The van der Waals surface area contributed by atoms with Gasteiger partial charge in [-0.2, -0.15) is 0 Å². The van der Waals surface area contributed by atoms with Crippen molar-refractivity contribution in [3.8, 4) is 0 Å². The van der Waals surface area contributed by atoms with E-state index in [1.165, 1.54) is 0 Å². The normalized spacial score (nSPS) is 23.8. The zero-order chi connectivity index (χ0) is 18.4. The highest BCUT2D eigenvalue weighted by Crippen LogP contribution is 2.47. The second-order valence-corrected chi connectivity index (χ2v) is 7.44. The number of aromatic nitrogens is 1. The molecule has 0 saturated carbocycles. The van der Waals surface area contributed by atoms with Crippen LogP contribution in [0.2, 0.25) is 0 Å². The lowest BCUT2D eigenvalue weighted by Gasteiger charge is -2.43. The quantitative estimate of drug-likeness (QED) is 0.785. The van der Waals surface area contributed by atoms with Gasteiger partial charge in [0.15, 0.2) is 11.9 Å². The van der Waals surface area contributed by atoms with Crippen LogP contribution >= 0.6 is 0 Å². The molecule has 0 unspecified atom stereocenters. The lowest BCUT2D eigenvalue weighted by Crippen LogP contribution is -2.63. The molecule has 1 aromatic heterocycles. The minimum Gasteiger partial charge on any atom is -0.476 e. The summed E-state index contributed by atoms with van der Waals surface area (Å²) in [7, 11) is 0. The van der Waals surface area contributed by atoms with Gasteiger partial charge < -0.3 is 14.9 Å². The smallest absolute Gasteiger partial charge is 0.356 e. The summed E-state index contributed by atoms with van der Waals surface area (Å²) in [6, 6.07) is 3.71. The second-order valence-electron chi connectivity index (χ2n) is 7.44. The number of hydrogen-bond donors (Lipinski definition) is 2. The Morgan fingerprint density at radius 3 is 2.56 bits per heavy atom. The molecule has 3 atom stereocenters. The Balaban J connectivity index is 1.72. The topological polar surface area (TPSA) is 100.0 Å². The van der Waals surface area contributed by atoms with Crippen LogP contribution in [0.15, 0.2) is 36.0 Å². The molecule has 0 aromatic carbocycles. The van der Waals surface area contributed by atoms with Crippen LogP contribution in [0.5, 0.6) is 0 Å². The van der Waals surface area contributed by atoms with Crippen molar-refractivity contribution in [1.82, 2.24) is 9.88 Å². The SMILES string of the molecule is CC(C)(C)C1=C(C(=O)O)N2C(=O)[C@H]([C@@H](O)CCc3ccncc3)[C@H]2O1. The molecule has 25 heavy (non-hydrogen) atoms. The third-order valence-corrected chi connectivity index (χ3v) is 4.56. The molecule has 1 fully saturated rings. The predicted octanol–water partition coefficient (Wildman–Crippen LogP) is 1.53. The first kappa shape index (κ1) is 17.4. The van der Waals surface area contributed by atoms with Crippen LogP contribution in [0.25, 0.3) is 0 Å². The van der Waals surface area contributed by atoms with Crippen LogP contribution < -0.4 is 0 Å². The second kappa shape index (κ2) is 6.15. The van der Waals surface area contributed by atoms with E-state index in [1.54, 1.807) is 12.4 Å². The molecule has 0 bridgehead atoms. The van der Waals surface area contributed by atoms with E-state index < -0.39 is 35.5 Å². The summed E-state index contributed by atoms with van der Waals surface area (Å²) in [4.78, 5) is 29.1. The summed E-state index contributed by atoms with van der Waals surface area (Å²) in [5.41, 5.74) is 0.363. The van der Waals surface area contributed by atoms with E-state index in [0.717, 1.165) is 10.5 Å². The summed E-state index contributed by atoms with van der Waals surface area (Å²) in [6.45, 7) is 5.49. The Bertz CT molecular complexity index is 723. The molecule has 2 N–H and O–H groups in total. The Kier molecular flexibility index (Phi) is 4.28. The molecule has 3 rings (SSSR count). The van der Waals surface area contributed by atoms with E-state index >= 15 is 0 Å². The van der Waals surface area contributed by atoms with Crippen molar-refractivity contribution in [2.75, 3.05) is 0 Å². The van der Waals surface area contributed by atoms with Gasteiger partial charge in [0.2, 0.25) is 5.91 Å². The highest BCUT2D eigenvalue weighted by molar-refractivity contribution is 5.98. The van der Waals surface area contributed by atoms with Gasteiger partial charge in [-0.05, 0) is 30.5 Å². The van der Waals surface area contributed by atoms with Crippen molar-refractivity contribution in [1.29, 1.82) is 0 Å². The number of allylic oxidation sites excluding steroid dienone is 1. The van der Waals surface area contributed by atoms with Gasteiger partial charge in [0.05, 0.1) is 6.10 Å². The van der Waals surface area contributed by atoms with Gasteiger partial charge in [-0.3, -0.25) is 14.7 Å². The number of carboxylic acids is 1. The average molecular weight is 346 g/mol. The molecule has 2 aliphatic rings. The van der Waals surface area contributed by atoms with Crippen LogP contribution in [-0.2, 0) is 20.7 Å². The van der Waals surface area contributed by atoms with Crippen molar-refractivity contribution in [3.63, 3.8) is 0 Å². The number of fused-ring (bicyclic) bond motifs is 1. The van der Waals surface area contributed by atoms with Gasteiger partial charge in [0, 0.05) is 17.8 Å². The number of hydrogen-bond acceptors (Lipinski definition) is 5. The summed E-state index contributed by atoms with van der Waals surface area (Å²) in [5, 5.41) is 19.9. The fraction of sp³-hybridized carbons (Fsp3) is 0.500. The van der Waals surface area contributed by atoms with Gasteiger partial charge in [0.25, 0.3) is 0 Å². The minimum absolute atomic E-state index is 0.111. The van der Waals surface area contributed by atoms with Crippen LogP contribution in [-0.4, -0.2) is 44.3 Å². The molecule has 1 amide bonds. The number of carboxylic acid groups (broad SMARTS) is 1. The van der Waals surface area contributed by atoms with Crippen LogP contribution in [0.3, 0.4) is 0 Å². The van der Waals surface area contributed by atoms with E-state index in [9.17, 15) is 19.8 Å². The van der Waals surface area contributed by atoms with E-state index in [2.05, 4.69) is 4.98 Å². The number of β-lactam (4-membered cyclic amide) rings is 1. The Labute approximate surface area is 145 Å². The zero-order valence-electron chi connectivity index (χ0n) is 14.5. The number of aliphatic carboxylic acids is 1.